The molecule has 7 nitrogen and oxygen atoms in total. The van der Waals surface area contributed by atoms with E-state index in [2.05, 4.69) is 5.16 Å². The minimum atomic E-state index is -1.56. The van der Waals surface area contributed by atoms with E-state index >= 15 is 0 Å². The van der Waals surface area contributed by atoms with Gasteiger partial charge in [0.2, 0.25) is 0 Å². The summed E-state index contributed by atoms with van der Waals surface area (Å²) in [6.07, 6.45) is -5.97. The van der Waals surface area contributed by atoms with Crippen molar-refractivity contribution in [3.8, 4) is 0 Å². The normalized spacial score (nSPS) is 33.3. The van der Waals surface area contributed by atoms with Crippen molar-refractivity contribution in [2.75, 3.05) is 6.61 Å². The first-order valence-corrected chi connectivity index (χ1v) is 6.29. The van der Waals surface area contributed by atoms with Crippen molar-refractivity contribution in [2.24, 2.45) is 5.16 Å². The van der Waals surface area contributed by atoms with Crippen LogP contribution in [0.4, 0.5) is 4.39 Å². The predicted molar refractivity (Wildman–Crippen MR) is 68.8 cm³/mol. The average molecular weight is 301 g/mol. The van der Waals surface area contributed by atoms with E-state index in [0.717, 1.165) is 6.21 Å². The molecule has 0 saturated carbocycles. The largest absolute Gasteiger partial charge is 0.394 e. The smallest absolute Gasteiger partial charge is 0.256 e. The minimum absolute atomic E-state index is 0.169. The summed E-state index contributed by atoms with van der Waals surface area (Å²) in [7, 11) is 0. The maximum atomic E-state index is 13.3. The van der Waals surface area contributed by atoms with Gasteiger partial charge in [-0.1, -0.05) is 23.4 Å². The fourth-order valence-corrected chi connectivity index (χ4v) is 1.88. The Labute approximate surface area is 119 Å². The Balaban J connectivity index is 2.00. The van der Waals surface area contributed by atoms with Gasteiger partial charge in [-0.05, 0) is 6.07 Å². The van der Waals surface area contributed by atoms with Gasteiger partial charge in [0.05, 0.1) is 12.8 Å². The summed E-state index contributed by atoms with van der Waals surface area (Å²) in [6, 6.07) is 5.84. The molecular weight excluding hydrogens is 285 g/mol. The van der Waals surface area contributed by atoms with Crippen molar-refractivity contribution < 1.29 is 34.4 Å². The van der Waals surface area contributed by atoms with Crippen LogP contribution in [-0.4, -0.2) is 64.0 Å². The van der Waals surface area contributed by atoms with Crippen molar-refractivity contribution in [3.63, 3.8) is 0 Å². The van der Waals surface area contributed by atoms with Crippen molar-refractivity contribution in [3.05, 3.63) is 35.6 Å². The number of rotatable bonds is 4. The van der Waals surface area contributed by atoms with E-state index in [0.29, 0.717) is 0 Å². The first-order chi connectivity index (χ1) is 10.0. The maximum absolute atomic E-state index is 13.3. The van der Waals surface area contributed by atoms with Crippen LogP contribution in [0.25, 0.3) is 0 Å². The van der Waals surface area contributed by atoms with Crippen molar-refractivity contribution >= 4 is 6.21 Å². The summed E-state index contributed by atoms with van der Waals surface area (Å²) in [6.45, 7) is -0.568. The number of oxime groups is 1. The second-order valence-corrected chi connectivity index (χ2v) is 4.56. The molecule has 1 aliphatic rings. The number of hydrogen-bond acceptors (Lipinski definition) is 7. The zero-order chi connectivity index (χ0) is 15.4. The van der Waals surface area contributed by atoms with Crippen LogP contribution in [0.15, 0.2) is 29.4 Å². The maximum Gasteiger partial charge on any atom is 0.256 e. The summed E-state index contributed by atoms with van der Waals surface area (Å²) in [5.74, 6) is -0.501. The fraction of sp³-hybridized carbons (Fsp3) is 0.462. The summed E-state index contributed by atoms with van der Waals surface area (Å²) < 4.78 is 18.4. The monoisotopic (exact) mass is 301 g/mol. The van der Waals surface area contributed by atoms with Crippen molar-refractivity contribution in [1.29, 1.82) is 0 Å². The number of halogens is 1. The summed E-state index contributed by atoms with van der Waals surface area (Å²) in [4.78, 5) is 4.85. The lowest BCUT2D eigenvalue weighted by atomic mass is 9.99. The number of aliphatic hydroxyl groups is 4. The molecule has 8 heteroatoms. The standard InChI is InChI=1S/C13H16FNO6/c14-8-4-2-1-3-7(8)5-15-21-13-12(19)11(18)10(17)9(6-16)20-13/h1-5,9-13,16-19H,6H2/b15-5+/t9?,10?,11-,12?,13-/m0/s1. The molecule has 0 aliphatic carbocycles. The Hall–Kier alpha value is -1.58. The van der Waals surface area contributed by atoms with Crippen molar-refractivity contribution in [1.82, 2.24) is 0 Å². The highest BCUT2D eigenvalue weighted by molar-refractivity contribution is 5.79. The Morgan fingerprint density at radius 1 is 1.19 bits per heavy atom. The Morgan fingerprint density at radius 2 is 1.90 bits per heavy atom. The molecule has 3 unspecified atom stereocenters. The molecule has 1 fully saturated rings. The van der Waals surface area contributed by atoms with Crippen LogP contribution >= 0.6 is 0 Å². The number of nitrogens with zero attached hydrogens (tertiary/aromatic N) is 1. The lowest BCUT2D eigenvalue weighted by Crippen LogP contribution is -2.58. The second-order valence-electron chi connectivity index (χ2n) is 4.56. The molecule has 1 aromatic rings. The molecular formula is C13H16FNO6. The van der Waals surface area contributed by atoms with Gasteiger partial charge >= 0.3 is 0 Å². The molecule has 0 aromatic heterocycles. The highest BCUT2D eigenvalue weighted by atomic mass is 19.1. The molecule has 0 amide bonds. The Kier molecular flexibility index (Phi) is 5.21. The highest BCUT2D eigenvalue weighted by Gasteiger charge is 2.44. The minimum Gasteiger partial charge on any atom is -0.394 e. The van der Waals surface area contributed by atoms with E-state index in [1.807, 2.05) is 0 Å². The quantitative estimate of drug-likeness (QED) is 0.418. The molecule has 0 radical (unpaired) electrons. The molecule has 1 aliphatic heterocycles. The predicted octanol–water partition coefficient (Wildman–Crippen LogP) is -1.02. The average Bonchev–Trinajstić information content (AvgIpc) is 2.49. The Bertz CT molecular complexity index is 497. The van der Waals surface area contributed by atoms with Gasteiger partial charge in [0.15, 0.2) is 0 Å². The molecule has 0 spiro atoms. The zero-order valence-electron chi connectivity index (χ0n) is 10.9. The number of ether oxygens (including phenoxy) is 1. The van der Waals surface area contributed by atoms with Gasteiger partial charge in [-0.2, -0.15) is 0 Å². The third-order valence-corrected chi connectivity index (χ3v) is 3.11. The number of hydrogen-bond donors (Lipinski definition) is 4. The van der Waals surface area contributed by atoms with Gasteiger partial charge < -0.3 is 30.0 Å². The fourth-order valence-electron chi connectivity index (χ4n) is 1.88. The molecule has 1 saturated heterocycles. The summed E-state index contributed by atoms with van der Waals surface area (Å²) in [5, 5.41) is 41.3. The van der Waals surface area contributed by atoms with Crippen LogP contribution < -0.4 is 0 Å². The molecule has 1 aromatic carbocycles. The lowest BCUT2D eigenvalue weighted by molar-refractivity contribution is -0.301. The van der Waals surface area contributed by atoms with E-state index in [-0.39, 0.29) is 5.56 Å². The van der Waals surface area contributed by atoms with Crippen LogP contribution in [-0.2, 0) is 9.57 Å². The van der Waals surface area contributed by atoms with Gasteiger partial charge in [-0.3, -0.25) is 0 Å². The molecule has 1 heterocycles. The molecule has 0 bridgehead atoms. The first-order valence-electron chi connectivity index (χ1n) is 6.29. The SMILES string of the molecule is OCC1O[C@@H](O/N=C/c2ccccc2F)C(O)[C@@H](O)C1O. The van der Waals surface area contributed by atoms with E-state index in [9.17, 15) is 19.7 Å². The van der Waals surface area contributed by atoms with Crippen LogP contribution in [0.2, 0.25) is 0 Å². The zero-order valence-corrected chi connectivity index (χ0v) is 10.9. The highest BCUT2D eigenvalue weighted by Crippen LogP contribution is 2.22. The van der Waals surface area contributed by atoms with Gasteiger partial charge in [-0.15, -0.1) is 0 Å². The third-order valence-electron chi connectivity index (χ3n) is 3.11. The Morgan fingerprint density at radius 3 is 2.57 bits per heavy atom. The molecule has 21 heavy (non-hydrogen) atoms. The first kappa shape index (κ1) is 15.8. The topological polar surface area (TPSA) is 112 Å². The van der Waals surface area contributed by atoms with Gasteiger partial charge in [0, 0.05) is 5.56 Å². The lowest BCUT2D eigenvalue weighted by Gasteiger charge is -2.38. The van der Waals surface area contributed by atoms with Crippen LogP contribution in [0, 0.1) is 5.82 Å². The summed E-state index contributed by atoms with van der Waals surface area (Å²) >= 11 is 0. The van der Waals surface area contributed by atoms with E-state index < -0.39 is 43.1 Å². The van der Waals surface area contributed by atoms with E-state index in [1.54, 1.807) is 6.07 Å². The van der Waals surface area contributed by atoms with Crippen LogP contribution in [0.5, 0.6) is 0 Å². The number of aliphatic hydroxyl groups excluding tert-OH is 4. The van der Waals surface area contributed by atoms with E-state index in [1.165, 1.54) is 18.2 Å². The van der Waals surface area contributed by atoms with Gasteiger partial charge in [0.25, 0.3) is 6.29 Å². The molecule has 2 rings (SSSR count). The van der Waals surface area contributed by atoms with Crippen LogP contribution in [0.3, 0.4) is 0 Å². The second kappa shape index (κ2) is 6.92. The van der Waals surface area contributed by atoms with E-state index in [4.69, 9.17) is 14.7 Å². The third kappa shape index (κ3) is 3.55. The number of benzene rings is 1. The molecule has 116 valence electrons. The molecule has 5 atom stereocenters. The summed E-state index contributed by atoms with van der Waals surface area (Å²) in [5.41, 5.74) is 0.169. The van der Waals surface area contributed by atoms with Crippen LogP contribution in [0.1, 0.15) is 5.56 Å². The van der Waals surface area contributed by atoms with Gasteiger partial charge in [0.1, 0.15) is 30.2 Å². The van der Waals surface area contributed by atoms with Crippen molar-refractivity contribution in [2.45, 2.75) is 30.7 Å². The molecule has 4 N–H and O–H groups in total. The van der Waals surface area contributed by atoms with Gasteiger partial charge in [-0.25, -0.2) is 4.39 Å².